The second-order valence-electron chi connectivity index (χ2n) is 5.69. The molecule has 104 valence electrons. The molecule has 0 amide bonds. The minimum atomic E-state index is 0.471. The van der Waals surface area contributed by atoms with Crippen LogP contribution in [0.25, 0.3) is 0 Å². The topological polar surface area (TPSA) is 9.23 Å². The molecule has 0 bridgehead atoms. The van der Waals surface area contributed by atoms with Crippen LogP contribution in [0.15, 0.2) is 0 Å². The summed E-state index contributed by atoms with van der Waals surface area (Å²) in [5.41, 5.74) is 0. The average Bonchev–Trinajstić information content (AvgIpc) is 2.36. The zero-order valence-corrected chi connectivity index (χ0v) is 13.0. The lowest BCUT2D eigenvalue weighted by Gasteiger charge is -2.27. The van der Waals surface area contributed by atoms with E-state index in [1.165, 1.54) is 25.7 Å². The smallest absolute Gasteiger partial charge is 0.0578 e. The number of rotatable bonds is 10. The van der Waals surface area contributed by atoms with E-state index in [1.54, 1.807) is 0 Å². The fourth-order valence-corrected chi connectivity index (χ4v) is 2.14. The van der Waals surface area contributed by atoms with Crippen molar-refractivity contribution in [2.24, 2.45) is 11.8 Å². The summed E-state index contributed by atoms with van der Waals surface area (Å²) in [6.45, 7) is 13.7. The molecular weight excluding hydrogens is 208 g/mol. The Morgan fingerprint density at radius 2 is 1.00 bits per heavy atom. The van der Waals surface area contributed by atoms with Gasteiger partial charge in [0.1, 0.15) is 0 Å². The van der Waals surface area contributed by atoms with Gasteiger partial charge >= 0.3 is 0 Å². The summed E-state index contributed by atoms with van der Waals surface area (Å²) in [6.07, 6.45) is 8.23. The van der Waals surface area contributed by atoms with Crippen LogP contribution in [-0.4, -0.2) is 12.2 Å². The first kappa shape index (κ1) is 17.0. The summed E-state index contributed by atoms with van der Waals surface area (Å²) in [5, 5.41) is 0. The van der Waals surface area contributed by atoms with Crippen LogP contribution >= 0.6 is 0 Å². The molecule has 0 N–H and O–H groups in total. The van der Waals surface area contributed by atoms with Crippen molar-refractivity contribution in [3.63, 3.8) is 0 Å². The fraction of sp³-hybridized carbons (Fsp3) is 1.00. The molecule has 17 heavy (non-hydrogen) atoms. The van der Waals surface area contributed by atoms with Crippen molar-refractivity contribution in [1.82, 2.24) is 0 Å². The monoisotopic (exact) mass is 242 g/mol. The Morgan fingerprint density at radius 3 is 1.24 bits per heavy atom. The Kier molecular flexibility index (Phi) is 9.91. The van der Waals surface area contributed by atoms with Crippen LogP contribution in [0.4, 0.5) is 0 Å². The highest BCUT2D eigenvalue weighted by molar-refractivity contribution is 4.67. The van der Waals surface area contributed by atoms with Crippen LogP contribution in [-0.2, 0) is 4.74 Å². The zero-order chi connectivity index (χ0) is 13.3. The van der Waals surface area contributed by atoms with E-state index in [1.807, 2.05) is 0 Å². The molecule has 0 rings (SSSR count). The van der Waals surface area contributed by atoms with Gasteiger partial charge in [-0.3, -0.25) is 0 Å². The maximum atomic E-state index is 6.29. The molecule has 4 atom stereocenters. The molecule has 0 saturated carbocycles. The van der Waals surface area contributed by atoms with E-state index in [0.29, 0.717) is 12.2 Å². The van der Waals surface area contributed by atoms with Gasteiger partial charge in [-0.2, -0.15) is 0 Å². The molecule has 0 heterocycles. The van der Waals surface area contributed by atoms with E-state index in [0.717, 1.165) is 24.7 Å². The van der Waals surface area contributed by atoms with Crippen molar-refractivity contribution in [2.75, 3.05) is 0 Å². The molecule has 4 unspecified atom stereocenters. The molecule has 0 aliphatic carbocycles. The Morgan fingerprint density at radius 1 is 0.647 bits per heavy atom. The lowest BCUT2D eigenvalue weighted by atomic mass is 9.97. The third kappa shape index (κ3) is 7.81. The zero-order valence-electron chi connectivity index (χ0n) is 13.0. The molecule has 0 fully saturated rings. The van der Waals surface area contributed by atoms with Crippen molar-refractivity contribution >= 4 is 0 Å². The predicted octanol–water partition coefficient (Wildman–Crippen LogP) is 5.43. The lowest BCUT2D eigenvalue weighted by Crippen LogP contribution is -2.24. The molecule has 0 radical (unpaired) electrons. The number of hydrogen-bond acceptors (Lipinski definition) is 1. The summed E-state index contributed by atoms with van der Waals surface area (Å²) < 4.78 is 6.29. The van der Waals surface area contributed by atoms with E-state index in [-0.39, 0.29) is 0 Å². The summed E-state index contributed by atoms with van der Waals surface area (Å²) in [6, 6.07) is 0. The summed E-state index contributed by atoms with van der Waals surface area (Å²) in [7, 11) is 0. The minimum Gasteiger partial charge on any atom is -0.375 e. The first-order valence-electron chi connectivity index (χ1n) is 7.72. The van der Waals surface area contributed by atoms with E-state index >= 15 is 0 Å². The van der Waals surface area contributed by atoms with Gasteiger partial charge < -0.3 is 4.74 Å². The van der Waals surface area contributed by atoms with Gasteiger partial charge in [0.2, 0.25) is 0 Å². The van der Waals surface area contributed by atoms with Gasteiger partial charge in [0.15, 0.2) is 0 Å². The molecular formula is C16H34O. The Balaban J connectivity index is 4.11. The third-order valence-corrected chi connectivity index (χ3v) is 4.02. The average molecular weight is 242 g/mol. The van der Waals surface area contributed by atoms with E-state index in [9.17, 15) is 0 Å². The molecule has 1 nitrogen and oxygen atoms in total. The van der Waals surface area contributed by atoms with Gasteiger partial charge in [0, 0.05) is 0 Å². The van der Waals surface area contributed by atoms with Gasteiger partial charge in [0.05, 0.1) is 12.2 Å². The van der Waals surface area contributed by atoms with Crippen LogP contribution in [0, 0.1) is 11.8 Å². The largest absolute Gasteiger partial charge is 0.375 e. The number of hydrogen-bond donors (Lipinski definition) is 0. The van der Waals surface area contributed by atoms with Crippen LogP contribution in [0.1, 0.15) is 80.1 Å². The third-order valence-electron chi connectivity index (χ3n) is 4.02. The van der Waals surface area contributed by atoms with Crippen LogP contribution in [0.2, 0.25) is 0 Å². The minimum absolute atomic E-state index is 0.471. The summed E-state index contributed by atoms with van der Waals surface area (Å²) in [5.74, 6) is 1.59. The molecule has 0 aliphatic heterocycles. The van der Waals surface area contributed by atoms with Crippen LogP contribution in [0.3, 0.4) is 0 Å². The molecule has 0 aromatic rings. The SMILES string of the molecule is CCC(C)CC(CC)OC(CC)CC(C)CC. The molecule has 0 aromatic carbocycles. The van der Waals surface area contributed by atoms with Gasteiger partial charge in [0.25, 0.3) is 0 Å². The highest BCUT2D eigenvalue weighted by atomic mass is 16.5. The van der Waals surface area contributed by atoms with Gasteiger partial charge in [-0.15, -0.1) is 0 Å². The predicted molar refractivity (Wildman–Crippen MR) is 77.4 cm³/mol. The first-order chi connectivity index (χ1) is 8.07. The first-order valence-corrected chi connectivity index (χ1v) is 7.72. The fourth-order valence-electron chi connectivity index (χ4n) is 2.14. The van der Waals surface area contributed by atoms with E-state index < -0.39 is 0 Å². The maximum absolute atomic E-state index is 6.29. The highest BCUT2D eigenvalue weighted by Gasteiger charge is 2.17. The second-order valence-corrected chi connectivity index (χ2v) is 5.69. The van der Waals surface area contributed by atoms with Crippen molar-refractivity contribution in [3.05, 3.63) is 0 Å². The maximum Gasteiger partial charge on any atom is 0.0578 e. The van der Waals surface area contributed by atoms with Crippen LogP contribution in [0.5, 0.6) is 0 Å². The quantitative estimate of drug-likeness (QED) is 0.496. The second kappa shape index (κ2) is 9.94. The van der Waals surface area contributed by atoms with Crippen molar-refractivity contribution in [2.45, 2.75) is 92.3 Å². The van der Waals surface area contributed by atoms with E-state index in [4.69, 9.17) is 4.74 Å². The molecule has 0 aromatic heterocycles. The van der Waals surface area contributed by atoms with Crippen molar-refractivity contribution in [3.8, 4) is 0 Å². The Hall–Kier alpha value is -0.0400. The van der Waals surface area contributed by atoms with Crippen molar-refractivity contribution in [1.29, 1.82) is 0 Å². The molecule has 0 spiro atoms. The van der Waals surface area contributed by atoms with Gasteiger partial charge in [-0.25, -0.2) is 0 Å². The van der Waals surface area contributed by atoms with E-state index in [2.05, 4.69) is 41.5 Å². The normalized spacial score (nSPS) is 18.7. The van der Waals surface area contributed by atoms with Crippen LogP contribution < -0.4 is 0 Å². The number of ether oxygens (including phenoxy) is 1. The lowest BCUT2D eigenvalue weighted by molar-refractivity contribution is -0.0363. The Labute approximate surface area is 109 Å². The van der Waals surface area contributed by atoms with Crippen molar-refractivity contribution < 1.29 is 4.74 Å². The molecule has 0 saturated heterocycles. The highest BCUT2D eigenvalue weighted by Crippen LogP contribution is 2.21. The summed E-state index contributed by atoms with van der Waals surface area (Å²) in [4.78, 5) is 0. The standard InChI is InChI=1S/C16H34O/c1-7-13(5)11-15(9-3)17-16(10-4)12-14(6)8-2/h13-16H,7-12H2,1-6H3. The van der Waals surface area contributed by atoms with Gasteiger partial charge in [-0.05, 0) is 37.5 Å². The Bertz CT molecular complexity index is 149. The molecule has 1 heteroatoms. The molecule has 0 aliphatic rings. The van der Waals surface area contributed by atoms with Gasteiger partial charge in [-0.1, -0.05) is 54.4 Å². The summed E-state index contributed by atoms with van der Waals surface area (Å²) >= 11 is 0.